The second-order valence-electron chi connectivity index (χ2n) is 7.54. The fourth-order valence-corrected chi connectivity index (χ4v) is 4.39. The van der Waals surface area contributed by atoms with E-state index in [-0.39, 0.29) is 12.0 Å². The predicted molar refractivity (Wildman–Crippen MR) is 111 cm³/mol. The number of H-pyrrole nitrogens is 1. The number of rotatable bonds is 5. The summed E-state index contributed by atoms with van der Waals surface area (Å²) in [6.45, 7) is 0.534. The molecule has 0 spiro atoms. The van der Waals surface area contributed by atoms with Crippen LogP contribution in [0, 0.1) is 0 Å². The molecule has 0 amide bonds. The lowest BCUT2D eigenvalue weighted by molar-refractivity contribution is -0.135. The molecule has 0 bridgehead atoms. The van der Waals surface area contributed by atoms with Gasteiger partial charge in [-0.3, -0.25) is 4.79 Å². The molecule has 9 heteroatoms. The first-order valence-corrected chi connectivity index (χ1v) is 9.94. The molecular formula is C21H22N6O3. The molecule has 1 aliphatic rings. The quantitative estimate of drug-likeness (QED) is 0.489. The summed E-state index contributed by atoms with van der Waals surface area (Å²) in [4.78, 5) is 23.2. The van der Waals surface area contributed by atoms with Gasteiger partial charge in [-0.25, -0.2) is 14.5 Å². The van der Waals surface area contributed by atoms with Crippen LogP contribution in [0.5, 0.6) is 5.75 Å². The summed E-state index contributed by atoms with van der Waals surface area (Å²) < 4.78 is 12.4. The van der Waals surface area contributed by atoms with E-state index in [4.69, 9.17) is 20.2 Å². The van der Waals surface area contributed by atoms with E-state index in [0.717, 1.165) is 53.9 Å². The van der Waals surface area contributed by atoms with Crippen LogP contribution in [0.2, 0.25) is 0 Å². The maximum Gasteiger partial charge on any atom is 0.293 e. The summed E-state index contributed by atoms with van der Waals surface area (Å²) in [6.07, 6.45) is 4.76. The van der Waals surface area contributed by atoms with Gasteiger partial charge in [-0.2, -0.15) is 5.10 Å². The zero-order valence-electron chi connectivity index (χ0n) is 16.5. The summed E-state index contributed by atoms with van der Waals surface area (Å²) in [6, 6.07) is 7.92. The van der Waals surface area contributed by atoms with Crippen molar-refractivity contribution in [1.29, 1.82) is 0 Å². The van der Waals surface area contributed by atoms with Gasteiger partial charge in [0.1, 0.15) is 35.2 Å². The summed E-state index contributed by atoms with van der Waals surface area (Å²) >= 11 is 0. The first kappa shape index (κ1) is 18.4. The smallest absolute Gasteiger partial charge is 0.293 e. The Balaban J connectivity index is 1.61. The van der Waals surface area contributed by atoms with Crippen LogP contribution in [0.3, 0.4) is 0 Å². The molecule has 5 rings (SSSR count). The van der Waals surface area contributed by atoms with Crippen molar-refractivity contribution in [3.05, 3.63) is 36.4 Å². The standard InChI is InChI=1S/C21H22N6O3/c1-29-16-4-2-3-13-9-15(25-17(13)16)18-19-20(22)23-10-24-27(19)21(26-18)12-5-7-14(8-6-12)30-11-28/h2-4,9-12,14,25H,5-8H2,1H3,(H2,22,23,24). The van der Waals surface area contributed by atoms with Crippen LogP contribution in [0.25, 0.3) is 27.8 Å². The second kappa shape index (κ2) is 7.33. The van der Waals surface area contributed by atoms with Crippen molar-refractivity contribution in [2.24, 2.45) is 0 Å². The molecule has 154 valence electrons. The molecular weight excluding hydrogens is 384 g/mol. The number of carbonyl (C=O) groups is 1. The molecule has 0 radical (unpaired) electrons. The van der Waals surface area contributed by atoms with Gasteiger partial charge in [-0.1, -0.05) is 12.1 Å². The number of anilines is 1. The van der Waals surface area contributed by atoms with Gasteiger partial charge in [-0.15, -0.1) is 0 Å². The van der Waals surface area contributed by atoms with Crippen LogP contribution in [0.15, 0.2) is 30.6 Å². The van der Waals surface area contributed by atoms with Gasteiger partial charge >= 0.3 is 0 Å². The number of carbonyl (C=O) groups excluding carboxylic acids is 1. The summed E-state index contributed by atoms with van der Waals surface area (Å²) in [5.74, 6) is 2.19. The minimum Gasteiger partial charge on any atom is -0.495 e. The zero-order valence-corrected chi connectivity index (χ0v) is 16.5. The van der Waals surface area contributed by atoms with Gasteiger partial charge in [0.2, 0.25) is 0 Å². The molecule has 0 unspecified atom stereocenters. The Kier molecular flexibility index (Phi) is 4.50. The lowest BCUT2D eigenvalue weighted by Gasteiger charge is -2.26. The maximum atomic E-state index is 10.6. The zero-order chi connectivity index (χ0) is 20.7. The number of fused-ring (bicyclic) bond motifs is 2. The third kappa shape index (κ3) is 2.94. The van der Waals surface area contributed by atoms with Crippen LogP contribution in [-0.4, -0.2) is 44.3 Å². The van der Waals surface area contributed by atoms with Gasteiger partial charge in [0.25, 0.3) is 6.47 Å². The number of methoxy groups -OCH3 is 1. The molecule has 0 atom stereocenters. The van der Waals surface area contributed by atoms with Crippen LogP contribution < -0.4 is 10.5 Å². The van der Waals surface area contributed by atoms with Crippen molar-refractivity contribution in [3.63, 3.8) is 0 Å². The molecule has 3 aromatic heterocycles. The van der Waals surface area contributed by atoms with Crippen molar-refractivity contribution in [2.45, 2.75) is 37.7 Å². The normalized spacial score (nSPS) is 19.2. The van der Waals surface area contributed by atoms with E-state index in [0.29, 0.717) is 23.5 Å². The van der Waals surface area contributed by atoms with Gasteiger partial charge in [0.05, 0.1) is 18.3 Å². The molecule has 1 saturated carbocycles. The number of nitrogens with two attached hydrogens (primary N) is 1. The largest absolute Gasteiger partial charge is 0.495 e. The highest BCUT2D eigenvalue weighted by atomic mass is 16.5. The highest BCUT2D eigenvalue weighted by Crippen LogP contribution is 2.38. The fraction of sp³-hybridized carbons (Fsp3) is 0.333. The van der Waals surface area contributed by atoms with E-state index in [1.165, 1.54) is 6.33 Å². The second-order valence-corrected chi connectivity index (χ2v) is 7.54. The molecule has 1 aromatic carbocycles. The number of hydrogen-bond acceptors (Lipinski definition) is 7. The number of aromatic amines is 1. The third-order valence-corrected chi connectivity index (χ3v) is 5.87. The first-order chi connectivity index (χ1) is 14.7. The van der Waals surface area contributed by atoms with Crippen LogP contribution >= 0.6 is 0 Å². The topological polar surface area (TPSA) is 120 Å². The van der Waals surface area contributed by atoms with E-state index in [1.54, 1.807) is 11.6 Å². The molecule has 1 aliphatic carbocycles. The maximum absolute atomic E-state index is 10.6. The molecule has 0 saturated heterocycles. The Bertz CT molecular complexity index is 1220. The molecule has 30 heavy (non-hydrogen) atoms. The number of nitrogens with zero attached hydrogens (tertiary/aromatic N) is 4. The van der Waals surface area contributed by atoms with E-state index in [9.17, 15) is 4.79 Å². The number of nitrogen functional groups attached to an aromatic ring is 1. The number of nitrogens with one attached hydrogen (secondary N) is 1. The van der Waals surface area contributed by atoms with Crippen molar-refractivity contribution < 1.29 is 14.3 Å². The fourth-order valence-electron chi connectivity index (χ4n) is 4.39. The number of imidazole rings is 1. The number of benzene rings is 1. The van der Waals surface area contributed by atoms with Gasteiger partial charge in [0.15, 0.2) is 5.82 Å². The van der Waals surface area contributed by atoms with E-state index in [2.05, 4.69) is 15.1 Å². The Morgan fingerprint density at radius 2 is 2.10 bits per heavy atom. The van der Waals surface area contributed by atoms with E-state index >= 15 is 0 Å². The van der Waals surface area contributed by atoms with Crippen molar-refractivity contribution in [2.75, 3.05) is 12.8 Å². The molecule has 3 N–H and O–H groups in total. The molecule has 1 fully saturated rings. The molecule has 9 nitrogen and oxygen atoms in total. The Hall–Kier alpha value is -3.62. The summed E-state index contributed by atoms with van der Waals surface area (Å²) in [7, 11) is 1.65. The summed E-state index contributed by atoms with van der Waals surface area (Å²) in [5, 5.41) is 5.47. The number of hydrogen-bond donors (Lipinski definition) is 2. The van der Waals surface area contributed by atoms with E-state index in [1.807, 2.05) is 24.3 Å². The van der Waals surface area contributed by atoms with Gasteiger partial charge < -0.3 is 20.2 Å². The molecule has 0 aliphatic heterocycles. The van der Waals surface area contributed by atoms with Crippen LogP contribution in [0.4, 0.5) is 5.82 Å². The molecule has 3 heterocycles. The average Bonchev–Trinajstić information content (AvgIpc) is 3.37. The van der Waals surface area contributed by atoms with Gasteiger partial charge in [0, 0.05) is 11.3 Å². The number of ether oxygens (including phenoxy) is 2. The molecule has 4 aromatic rings. The summed E-state index contributed by atoms with van der Waals surface area (Å²) in [5.41, 5.74) is 9.37. The van der Waals surface area contributed by atoms with Crippen LogP contribution in [-0.2, 0) is 9.53 Å². The minimum absolute atomic E-state index is 0.0229. The predicted octanol–water partition coefficient (Wildman–Crippen LogP) is 3.06. The Labute approximate surface area is 172 Å². The number of para-hydroxylation sites is 1. The highest BCUT2D eigenvalue weighted by Gasteiger charge is 2.29. The number of aromatic nitrogens is 5. The Morgan fingerprint density at radius 3 is 2.87 bits per heavy atom. The third-order valence-electron chi connectivity index (χ3n) is 5.87. The van der Waals surface area contributed by atoms with E-state index < -0.39 is 0 Å². The van der Waals surface area contributed by atoms with Crippen molar-refractivity contribution in [1.82, 2.24) is 24.6 Å². The van der Waals surface area contributed by atoms with Crippen molar-refractivity contribution >= 4 is 28.7 Å². The first-order valence-electron chi connectivity index (χ1n) is 9.94. The average molecular weight is 406 g/mol. The van der Waals surface area contributed by atoms with Gasteiger partial charge in [-0.05, 0) is 37.8 Å². The monoisotopic (exact) mass is 406 g/mol. The lowest BCUT2D eigenvalue weighted by Crippen LogP contribution is -2.21. The highest BCUT2D eigenvalue weighted by molar-refractivity contribution is 5.93. The lowest BCUT2D eigenvalue weighted by atomic mass is 9.87. The SMILES string of the molecule is COc1cccc2cc(-c3nc(C4CCC(OC=O)CC4)n4ncnc(N)c34)[nH]c12. The minimum atomic E-state index is -0.0229. The Morgan fingerprint density at radius 1 is 1.27 bits per heavy atom. The van der Waals surface area contributed by atoms with Crippen molar-refractivity contribution in [3.8, 4) is 17.1 Å². The van der Waals surface area contributed by atoms with Crippen LogP contribution in [0.1, 0.15) is 37.4 Å².